The highest BCUT2D eigenvalue weighted by molar-refractivity contribution is 7.99. The zero-order chi connectivity index (χ0) is 18.2. The molecule has 0 fully saturated rings. The molecule has 1 unspecified atom stereocenters. The number of methoxy groups -OCH3 is 1. The summed E-state index contributed by atoms with van der Waals surface area (Å²) >= 11 is 1.46. The van der Waals surface area contributed by atoms with Crippen LogP contribution in [0.1, 0.15) is 32.4 Å². The van der Waals surface area contributed by atoms with E-state index in [0.29, 0.717) is 17.3 Å². The summed E-state index contributed by atoms with van der Waals surface area (Å²) in [6, 6.07) is 5.99. The molecule has 25 heavy (non-hydrogen) atoms. The molecule has 0 amide bonds. The molecule has 0 bridgehead atoms. The summed E-state index contributed by atoms with van der Waals surface area (Å²) in [5, 5.41) is 19.0. The quantitative estimate of drug-likeness (QED) is 0.688. The lowest BCUT2D eigenvalue weighted by Crippen LogP contribution is -2.20. The maximum absolute atomic E-state index is 10.2. The fourth-order valence-electron chi connectivity index (χ4n) is 2.19. The van der Waals surface area contributed by atoms with Crippen molar-refractivity contribution in [2.75, 3.05) is 19.5 Å². The van der Waals surface area contributed by atoms with Crippen molar-refractivity contribution in [3.05, 3.63) is 36.2 Å². The molecule has 0 spiro atoms. The molecule has 1 aromatic heterocycles. The predicted octanol–water partition coefficient (Wildman–Crippen LogP) is 3.43. The Kier molecular flexibility index (Phi) is 7.33. The average Bonchev–Trinajstić information content (AvgIpc) is 3.07. The van der Waals surface area contributed by atoms with Gasteiger partial charge < -0.3 is 19.1 Å². The van der Waals surface area contributed by atoms with Crippen molar-refractivity contribution >= 4 is 17.8 Å². The zero-order valence-corrected chi connectivity index (χ0v) is 15.9. The summed E-state index contributed by atoms with van der Waals surface area (Å²) in [6.45, 7) is 6.28. The van der Waals surface area contributed by atoms with Gasteiger partial charge in [0.15, 0.2) is 16.7 Å². The lowest BCUT2D eigenvalue weighted by Gasteiger charge is -2.15. The Bertz CT molecular complexity index is 701. The van der Waals surface area contributed by atoms with Crippen molar-refractivity contribution in [1.82, 2.24) is 14.8 Å². The Balaban J connectivity index is 1.89. The number of thioether (sulfide) groups is 1. The number of aromatic nitrogens is 3. The second-order valence-corrected chi connectivity index (χ2v) is 6.79. The van der Waals surface area contributed by atoms with Gasteiger partial charge in [0.05, 0.1) is 13.2 Å². The van der Waals surface area contributed by atoms with Crippen LogP contribution >= 0.6 is 11.8 Å². The third kappa shape index (κ3) is 5.51. The minimum atomic E-state index is -0.623. The molecule has 136 valence electrons. The number of ether oxygens (including phenoxy) is 2. The molecule has 1 N–H and O–H groups in total. The zero-order valence-electron chi connectivity index (χ0n) is 15.0. The van der Waals surface area contributed by atoms with Crippen LogP contribution in [0.3, 0.4) is 0 Å². The normalized spacial score (nSPS) is 12.7. The Morgan fingerprint density at radius 3 is 2.80 bits per heavy atom. The standard InChI is InChI=1S/C18H25N3O3S/c1-5-6-14-7-8-16(17(9-14)23-4)24-10-15(22)11-25-18-20-19-12-21(18)13(2)3/h5-9,12-13,15,22H,10-11H2,1-4H3/b6-5+. The molecule has 2 rings (SSSR count). The molecule has 0 aliphatic carbocycles. The van der Waals surface area contributed by atoms with Gasteiger partial charge >= 0.3 is 0 Å². The van der Waals surface area contributed by atoms with Gasteiger partial charge in [0, 0.05) is 11.8 Å². The molecule has 0 radical (unpaired) electrons. The van der Waals surface area contributed by atoms with Gasteiger partial charge in [-0.2, -0.15) is 0 Å². The number of nitrogens with zero attached hydrogens (tertiary/aromatic N) is 3. The smallest absolute Gasteiger partial charge is 0.191 e. The number of rotatable bonds is 9. The third-order valence-corrected chi connectivity index (χ3v) is 4.58. The number of benzene rings is 1. The van der Waals surface area contributed by atoms with Crippen molar-refractivity contribution in [1.29, 1.82) is 0 Å². The van der Waals surface area contributed by atoms with Crippen molar-refractivity contribution in [3.8, 4) is 11.5 Å². The third-order valence-electron chi connectivity index (χ3n) is 3.48. The van der Waals surface area contributed by atoms with E-state index in [1.54, 1.807) is 13.4 Å². The first-order valence-corrected chi connectivity index (χ1v) is 9.17. The SMILES string of the molecule is C/C=C/c1ccc(OCC(O)CSc2nncn2C(C)C)c(OC)c1. The molecule has 7 heteroatoms. The Labute approximate surface area is 152 Å². The van der Waals surface area contributed by atoms with E-state index in [1.807, 2.05) is 41.8 Å². The van der Waals surface area contributed by atoms with E-state index in [-0.39, 0.29) is 12.6 Å². The summed E-state index contributed by atoms with van der Waals surface area (Å²) in [4.78, 5) is 0. The summed E-state index contributed by atoms with van der Waals surface area (Å²) in [6.07, 6.45) is 5.03. The van der Waals surface area contributed by atoms with E-state index < -0.39 is 6.10 Å². The molecule has 2 aromatic rings. The number of aliphatic hydroxyl groups excluding tert-OH is 1. The van der Waals surface area contributed by atoms with E-state index in [0.717, 1.165) is 10.7 Å². The fourth-order valence-corrected chi connectivity index (χ4v) is 3.14. The minimum absolute atomic E-state index is 0.183. The van der Waals surface area contributed by atoms with Gasteiger partial charge in [0.2, 0.25) is 0 Å². The van der Waals surface area contributed by atoms with Gasteiger partial charge in [-0.3, -0.25) is 0 Å². The maximum atomic E-state index is 10.2. The van der Waals surface area contributed by atoms with Crippen molar-refractivity contribution in [2.24, 2.45) is 0 Å². The van der Waals surface area contributed by atoms with E-state index in [4.69, 9.17) is 9.47 Å². The molecule has 0 saturated carbocycles. The molecule has 0 aliphatic heterocycles. The predicted molar refractivity (Wildman–Crippen MR) is 100 cm³/mol. The molecule has 1 atom stereocenters. The van der Waals surface area contributed by atoms with Gasteiger partial charge in [0.1, 0.15) is 12.9 Å². The molecule has 6 nitrogen and oxygen atoms in total. The van der Waals surface area contributed by atoms with Crippen LogP contribution in [0.25, 0.3) is 6.08 Å². The van der Waals surface area contributed by atoms with Crippen LogP contribution in [0.4, 0.5) is 0 Å². The van der Waals surface area contributed by atoms with Gasteiger partial charge in [-0.25, -0.2) is 0 Å². The largest absolute Gasteiger partial charge is 0.493 e. The average molecular weight is 363 g/mol. The van der Waals surface area contributed by atoms with E-state index in [2.05, 4.69) is 24.0 Å². The Morgan fingerprint density at radius 2 is 2.12 bits per heavy atom. The van der Waals surface area contributed by atoms with Gasteiger partial charge in [-0.1, -0.05) is 30.0 Å². The lowest BCUT2D eigenvalue weighted by atomic mass is 10.2. The number of aliphatic hydroxyl groups is 1. The summed E-state index contributed by atoms with van der Waals surface area (Å²) in [5.74, 6) is 1.74. The highest BCUT2D eigenvalue weighted by atomic mass is 32.2. The minimum Gasteiger partial charge on any atom is -0.493 e. The van der Waals surface area contributed by atoms with Crippen molar-refractivity contribution in [2.45, 2.75) is 38.1 Å². The molecule has 0 saturated heterocycles. The second kappa shape index (κ2) is 9.48. The lowest BCUT2D eigenvalue weighted by molar-refractivity contribution is 0.124. The first-order valence-electron chi connectivity index (χ1n) is 8.19. The summed E-state index contributed by atoms with van der Waals surface area (Å²) in [5.41, 5.74) is 1.04. The number of hydrogen-bond donors (Lipinski definition) is 1. The topological polar surface area (TPSA) is 69.4 Å². The Hall–Kier alpha value is -1.99. The van der Waals surface area contributed by atoms with Crippen LogP contribution in [0.5, 0.6) is 11.5 Å². The molecule has 0 aliphatic rings. The summed E-state index contributed by atoms with van der Waals surface area (Å²) < 4.78 is 13.0. The second-order valence-electron chi connectivity index (χ2n) is 5.80. The highest BCUT2D eigenvalue weighted by Crippen LogP contribution is 2.29. The first kappa shape index (κ1) is 19.3. The molecular formula is C18H25N3O3S. The van der Waals surface area contributed by atoms with Crippen LogP contribution in [-0.2, 0) is 0 Å². The number of hydrogen-bond acceptors (Lipinski definition) is 6. The molecule has 1 heterocycles. The fraction of sp³-hybridized carbons (Fsp3) is 0.444. The van der Waals surface area contributed by atoms with Crippen molar-refractivity contribution in [3.63, 3.8) is 0 Å². The number of allylic oxidation sites excluding steroid dienone is 1. The van der Waals surface area contributed by atoms with Crippen LogP contribution in [0.2, 0.25) is 0 Å². The van der Waals surface area contributed by atoms with Crippen molar-refractivity contribution < 1.29 is 14.6 Å². The van der Waals surface area contributed by atoms with Gasteiger partial charge in [-0.15, -0.1) is 10.2 Å². The molecular weight excluding hydrogens is 338 g/mol. The van der Waals surface area contributed by atoms with Gasteiger partial charge in [0.25, 0.3) is 0 Å². The van der Waals surface area contributed by atoms with E-state index in [1.165, 1.54) is 11.8 Å². The molecule has 1 aromatic carbocycles. The van der Waals surface area contributed by atoms with E-state index >= 15 is 0 Å². The monoisotopic (exact) mass is 363 g/mol. The van der Waals surface area contributed by atoms with Crippen LogP contribution in [0, 0.1) is 0 Å². The van der Waals surface area contributed by atoms with Crippen LogP contribution in [0.15, 0.2) is 35.8 Å². The Morgan fingerprint density at radius 1 is 1.32 bits per heavy atom. The van der Waals surface area contributed by atoms with E-state index in [9.17, 15) is 5.11 Å². The van der Waals surface area contributed by atoms with Crippen LogP contribution < -0.4 is 9.47 Å². The maximum Gasteiger partial charge on any atom is 0.191 e. The summed E-state index contributed by atoms with van der Waals surface area (Å²) in [7, 11) is 1.60. The van der Waals surface area contributed by atoms with Crippen LogP contribution in [-0.4, -0.2) is 45.4 Å². The first-order chi connectivity index (χ1) is 12.0. The highest BCUT2D eigenvalue weighted by Gasteiger charge is 2.13. The van der Waals surface area contributed by atoms with Gasteiger partial charge in [-0.05, 0) is 38.5 Å².